The van der Waals surface area contributed by atoms with Gasteiger partial charge in [0.1, 0.15) is 17.3 Å². The molecule has 0 unspecified atom stereocenters. The second-order valence-corrected chi connectivity index (χ2v) is 9.42. The summed E-state index contributed by atoms with van der Waals surface area (Å²) in [6.07, 6.45) is 10.1. The van der Waals surface area contributed by atoms with E-state index in [2.05, 4.69) is 35.1 Å². The molecule has 1 aliphatic rings. The number of morpholine rings is 1. The van der Waals surface area contributed by atoms with Crippen LogP contribution in [0.2, 0.25) is 0 Å². The summed E-state index contributed by atoms with van der Waals surface area (Å²) < 4.78 is 7.00. The zero-order valence-electron chi connectivity index (χ0n) is 22.4. The number of unbranched alkanes of at least 4 members (excludes halogenated alkanes) is 1. The number of ether oxygens (including phenoxy) is 1. The first-order chi connectivity index (χ1) is 18.0. The monoisotopic (exact) mass is 502 g/mol. The van der Waals surface area contributed by atoms with Gasteiger partial charge in [-0.15, -0.1) is 0 Å². The molecule has 3 heterocycles. The van der Waals surface area contributed by atoms with Crippen molar-refractivity contribution >= 4 is 33.7 Å². The van der Waals surface area contributed by atoms with Crippen LogP contribution < -0.4 is 15.8 Å². The lowest BCUT2D eigenvalue weighted by Crippen LogP contribution is -2.36. The molecule has 1 fully saturated rings. The number of allylic oxidation sites excluding steroid dienone is 4. The van der Waals surface area contributed by atoms with E-state index in [0.29, 0.717) is 35.6 Å². The highest BCUT2D eigenvalue weighted by Gasteiger charge is 2.17. The summed E-state index contributed by atoms with van der Waals surface area (Å²) in [6, 6.07) is 9.45. The zero-order valence-corrected chi connectivity index (χ0v) is 22.4. The van der Waals surface area contributed by atoms with Crippen molar-refractivity contribution in [2.45, 2.75) is 46.5 Å². The number of aromatic hydroxyl groups is 1. The molecular formula is C30H38N4O3. The van der Waals surface area contributed by atoms with E-state index in [9.17, 15) is 9.90 Å². The van der Waals surface area contributed by atoms with Crippen LogP contribution in [0.4, 0.5) is 17.2 Å². The quantitative estimate of drug-likeness (QED) is 0.342. The van der Waals surface area contributed by atoms with Gasteiger partial charge in [0.2, 0.25) is 0 Å². The number of rotatable bonds is 9. The van der Waals surface area contributed by atoms with Gasteiger partial charge in [0.05, 0.1) is 30.6 Å². The molecule has 0 spiro atoms. The number of hydrogen-bond acceptors (Lipinski definition) is 6. The number of anilines is 3. The summed E-state index contributed by atoms with van der Waals surface area (Å²) >= 11 is 0. The standard InChI is InChI=1S/C30H38N4O3/c1-5-8-10-21(7-3)23(9-6-2)24-12-13-27-25(29(24)35)19-26(30(36)33(27)4)32-28-14-11-22(20-31-28)34-15-17-37-18-16-34/h6,9,11-14,19-20,35H,5,7-8,10,15-18H2,1-4H3,(H,31,32)/b9-6-,23-21+. The Labute approximate surface area is 219 Å². The zero-order chi connectivity index (χ0) is 26.4. The van der Waals surface area contributed by atoms with Crippen molar-refractivity contribution in [1.82, 2.24) is 9.55 Å². The number of aryl methyl sites for hydroxylation is 1. The number of benzene rings is 1. The van der Waals surface area contributed by atoms with Crippen LogP contribution in [-0.2, 0) is 11.8 Å². The van der Waals surface area contributed by atoms with E-state index in [1.807, 2.05) is 43.5 Å². The van der Waals surface area contributed by atoms with E-state index < -0.39 is 0 Å². The van der Waals surface area contributed by atoms with E-state index in [4.69, 9.17) is 4.74 Å². The van der Waals surface area contributed by atoms with Crippen LogP contribution in [0.15, 0.2) is 59.0 Å². The van der Waals surface area contributed by atoms with Gasteiger partial charge in [-0.05, 0) is 62.1 Å². The molecule has 7 heteroatoms. The molecule has 0 bridgehead atoms. The Morgan fingerprint density at radius 1 is 1.19 bits per heavy atom. The lowest BCUT2D eigenvalue weighted by molar-refractivity contribution is 0.122. The van der Waals surface area contributed by atoms with E-state index >= 15 is 0 Å². The van der Waals surface area contributed by atoms with Gasteiger partial charge in [0, 0.05) is 31.1 Å². The van der Waals surface area contributed by atoms with Gasteiger partial charge in [-0.2, -0.15) is 0 Å². The van der Waals surface area contributed by atoms with Crippen molar-refractivity contribution in [2.24, 2.45) is 7.05 Å². The molecule has 0 aliphatic carbocycles. The summed E-state index contributed by atoms with van der Waals surface area (Å²) in [5.41, 5.74) is 5.06. The SMILES string of the molecule is C/C=C\C(=C(\CC)CCCC)c1ccc2c(cc(Nc3ccc(N4CCOCC4)cn3)c(=O)n2C)c1O. The highest BCUT2D eigenvalue weighted by atomic mass is 16.5. The minimum atomic E-state index is -0.180. The fourth-order valence-electron chi connectivity index (χ4n) is 4.90. The summed E-state index contributed by atoms with van der Waals surface area (Å²) in [7, 11) is 1.73. The fraction of sp³-hybridized carbons (Fsp3) is 0.400. The van der Waals surface area contributed by atoms with Crippen molar-refractivity contribution in [2.75, 3.05) is 36.5 Å². The van der Waals surface area contributed by atoms with Crippen molar-refractivity contribution < 1.29 is 9.84 Å². The summed E-state index contributed by atoms with van der Waals surface area (Å²) in [5, 5.41) is 15.3. The van der Waals surface area contributed by atoms with Gasteiger partial charge < -0.3 is 24.6 Å². The first-order valence-corrected chi connectivity index (χ1v) is 13.2. The highest BCUT2D eigenvalue weighted by molar-refractivity contribution is 5.95. The molecule has 7 nitrogen and oxygen atoms in total. The molecule has 0 radical (unpaired) electrons. The fourth-order valence-corrected chi connectivity index (χ4v) is 4.90. The van der Waals surface area contributed by atoms with Crippen LogP contribution in [0.3, 0.4) is 0 Å². The van der Waals surface area contributed by atoms with E-state index in [0.717, 1.165) is 55.6 Å². The van der Waals surface area contributed by atoms with Gasteiger partial charge >= 0.3 is 0 Å². The molecule has 0 atom stereocenters. The van der Waals surface area contributed by atoms with E-state index in [-0.39, 0.29) is 11.3 Å². The maximum atomic E-state index is 13.2. The van der Waals surface area contributed by atoms with Crippen molar-refractivity contribution in [3.05, 3.63) is 70.2 Å². The molecule has 0 saturated carbocycles. The van der Waals surface area contributed by atoms with E-state index in [1.165, 1.54) is 5.57 Å². The number of phenolic OH excluding ortho intramolecular Hbond substituents is 1. The predicted molar refractivity (Wildman–Crippen MR) is 153 cm³/mol. The summed E-state index contributed by atoms with van der Waals surface area (Å²) in [4.78, 5) is 19.9. The molecule has 1 aliphatic heterocycles. The molecule has 37 heavy (non-hydrogen) atoms. The summed E-state index contributed by atoms with van der Waals surface area (Å²) in [6.45, 7) is 9.44. The normalized spacial score (nSPS) is 14.9. The minimum Gasteiger partial charge on any atom is -0.507 e. The van der Waals surface area contributed by atoms with Crippen molar-refractivity contribution in [3.8, 4) is 5.75 Å². The average molecular weight is 503 g/mol. The number of nitrogens with zero attached hydrogens (tertiary/aromatic N) is 3. The maximum Gasteiger partial charge on any atom is 0.274 e. The Morgan fingerprint density at radius 3 is 2.62 bits per heavy atom. The first-order valence-electron chi connectivity index (χ1n) is 13.2. The van der Waals surface area contributed by atoms with Crippen LogP contribution >= 0.6 is 0 Å². The molecule has 3 aromatic rings. The predicted octanol–water partition coefficient (Wildman–Crippen LogP) is 6.15. The number of nitrogens with one attached hydrogen (secondary N) is 1. The largest absolute Gasteiger partial charge is 0.507 e. The second kappa shape index (κ2) is 12.1. The lowest BCUT2D eigenvalue weighted by atomic mass is 9.92. The van der Waals surface area contributed by atoms with Crippen LogP contribution in [0.1, 0.15) is 52.0 Å². The minimum absolute atomic E-state index is 0.180. The lowest BCUT2D eigenvalue weighted by Gasteiger charge is -2.28. The van der Waals surface area contributed by atoms with Gasteiger partial charge in [0.15, 0.2) is 0 Å². The van der Waals surface area contributed by atoms with Crippen LogP contribution in [-0.4, -0.2) is 41.0 Å². The molecule has 2 aromatic heterocycles. The average Bonchev–Trinajstić information content (AvgIpc) is 2.93. The Bertz CT molecular complexity index is 1350. The van der Waals surface area contributed by atoms with Crippen molar-refractivity contribution in [1.29, 1.82) is 0 Å². The second-order valence-electron chi connectivity index (χ2n) is 9.42. The molecule has 0 amide bonds. The Morgan fingerprint density at radius 2 is 1.97 bits per heavy atom. The Balaban J connectivity index is 1.73. The number of aromatic nitrogens is 2. The molecule has 1 aromatic carbocycles. The number of pyridine rings is 2. The number of hydrogen-bond donors (Lipinski definition) is 2. The van der Waals surface area contributed by atoms with Gasteiger partial charge in [-0.3, -0.25) is 4.79 Å². The Kier molecular flexibility index (Phi) is 8.66. The topological polar surface area (TPSA) is 79.6 Å². The van der Waals surface area contributed by atoms with Gasteiger partial charge in [0.25, 0.3) is 5.56 Å². The molecular weight excluding hydrogens is 464 g/mol. The number of fused-ring (bicyclic) bond motifs is 1. The maximum absolute atomic E-state index is 13.2. The van der Waals surface area contributed by atoms with Crippen molar-refractivity contribution in [3.63, 3.8) is 0 Å². The third kappa shape index (κ3) is 5.72. The number of phenols is 1. The van der Waals surface area contributed by atoms with Crippen LogP contribution in [0.25, 0.3) is 16.5 Å². The molecule has 196 valence electrons. The molecule has 4 rings (SSSR count). The third-order valence-electron chi connectivity index (χ3n) is 7.03. The van der Waals surface area contributed by atoms with Crippen LogP contribution in [0.5, 0.6) is 5.75 Å². The Hall–Kier alpha value is -3.58. The summed E-state index contributed by atoms with van der Waals surface area (Å²) in [5.74, 6) is 0.758. The van der Waals surface area contributed by atoms with Gasteiger partial charge in [-0.25, -0.2) is 4.98 Å². The van der Waals surface area contributed by atoms with E-state index in [1.54, 1.807) is 17.7 Å². The third-order valence-corrected chi connectivity index (χ3v) is 7.03. The smallest absolute Gasteiger partial charge is 0.274 e. The van der Waals surface area contributed by atoms with Crippen LogP contribution in [0, 0.1) is 0 Å². The molecule has 1 saturated heterocycles. The first kappa shape index (κ1) is 26.5. The molecule has 2 N–H and O–H groups in total. The highest BCUT2D eigenvalue weighted by Crippen LogP contribution is 2.37. The van der Waals surface area contributed by atoms with Gasteiger partial charge in [-0.1, -0.05) is 38.0 Å².